The van der Waals surface area contributed by atoms with E-state index < -0.39 is 11.9 Å². The third-order valence-electron chi connectivity index (χ3n) is 1.76. The molecule has 0 fully saturated rings. The highest BCUT2D eigenvalue weighted by Gasteiger charge is 2.14. The first kappa shape index (κ1) is 10.5. The maximum absolute atomic E-state index is 13.2. The van der Waals surface area contributed by atoms with Gasteiger partial charge in [0.15, 0.2) is 0 Å². The van der Waals surface area contributed by atoms with E-state index in [0.717, 1.165) is 4.90 Å². The number of rotatable bonds is 2. The maximum Gasteiger partial charge on any atom is 0.414 e. The first-order valence-electron chi connectivity index (χ1n) is 4.31. The summed E-state index contributed by atoms with van der Waals surface area (Å²) in [5.41, 5.74) is 0.214. The highest BCUT2D eigenvalue weighted by molar-refractivity contribution is 5.87. The Morgan fingerprint density at radius 3 is 2.71 bits per heavy atom. The van der Waals surface area contributed by atoms with E-state index in [1.54, 1.807) is 19.1 Å². The molecule has 0 aliphatic rings. The number of para-hydroxylation sites is 1. The van der Waals surface area contributed by atoms with E-state index in [9.17, 15) is 9.18 Å². The zero-order chi connectivity index (χ0) is 10.6. The Kier molecular flexibility index (Phi) is 3.45. The molecular formula is C10H12FNO2. The number of anilines is 1. The van der Waals surface area contributed by atoms with Crippen LogP contribution in [0, 0.1) is 5.82 Å². The van der Waals surface area contributed by atoms with Crippen LogP contribution in [-0.4, -0.2) is 19.7 Å². The van der Waals surface area contributed by atoms with Crippen molar-refractivity contribution in [1.29, 1.82) is 0 Å². The molecule has 0 saturated carbocycles. The number of halogens is 1. The molecule has 0 aliphatic carbocycles. The van der Waals surface area contributed by atoms with Crippen LogP contribution in [0.4, 0.5) is 14.9 Å². The van der Waals surface area contributed by atoms with Crippen LogP contribution in [0.1, 0.15) is 6.92 Å². The van der Waals surface area contributed by atoms with Crippen LogP contribution in [0.5, 0.6) is 0 Å². The standard InChI is InChI=1S/C10H12FNO2/c1-3-14-10(13)12(2)9-7-5-4-6-8(9)11/h4-7H,3H2,1-2H3. The Balaban J connectivity index is 2.84. The fourth-order valence-corrected chi connectivity index (χ4v) is 1.04. The van der Waals surface area contributed by atoms with Crippen molar-refractivity contribution in [2.24, 2.45) is 0 Å². The molecule has 0 aromatic heterocycles. The lowest BCUT2D eigenvalue weighted by atomic mass is 10.3. The summed E-state index contributed by atoms with van der Waals surface area (Å²) in [7, 11) is 1.47. The van der Waals surface area contributed by atoms with Crippen molar-refractivity contribution in [3.8, 4) is 0 Å². The van der Waals surface area contributed by atoms with Crippen molar-refractivity contribution in [2.75, 3.05) is 18.6 Å². The van der Waals surface area contributed by atoms with Crippen LogP contribution in [0.15, 0.2) is 24.3 Å². The molecule has 4 heteroatoms. The molecule has 0 heterocycles. The molecule has 1 amide bonds. The predicted molar refractivity (Wildman–Crippen MR) is 51.8 cm³/mol. The minimum absolute atomic E-state index is 0.214. The van der Waals surface area contributed by atoms with E-state index in [4.69, 9.17) is 4.74 Å². The molecule has 1 rings (SSSR count). The van der Waals surface area contributed by atoms with Gasteiger partial charge in [0.05, 0.1) is 12.3 Å². The number of benzene rings is 1. The third-order valence-corrected chi connectivity index (χ3v) is 1.76. The van der Waals surface area contributed by atoms with Crippen LogP contribution < -0.4 is 4.90 Å². The van der Waals surface area contributed by atoms with Crippen molar-refractivity contribution in [1.82, 2.24) is 0 Å². The van der Waals surface area contributed by atoms with E-state index >= 15 is 0 Å². The molecule has 0 radical (unpaired) electrons. The van der Waals surface area contributed by atoms with Gasteiger partial charge in [0.2, 0.25) is 0 Å². The summed E-state index contributed by atoms with van der Waals surface area (Å²) in [6.45, 7) is 1.98. The van der Waals surface area contributed by atoms with Crippen molar-refractivity contribution in [3.05, 3.63) is 30.1 Å². The normalized spacial score (nSPS) is 9.64. The van der Waals surface area contributed by atoms with Crippen molar-refractivity contribution in [2.45, 2.75) is 6.92 Å². The van der Waals surface area contributed by atoms with Crippen molar-refractivity contribution >= 4 is 11.8 Å². The number of nitrogens with zero attached hydrogens (tertiary/aromatic N) is 1. The summed E-state index contributed by atoms with van der Waals surface area (Å²) in [6.07, 6.45) is -0.558. The zero-order valence-corrected chi connectivity index (χ0v) is 8.16. The number of amides is 1. The Bertz CT molecular complexity index is 328. The van der Waals surface area contributed by atoms with Crippen molar-refractivity contribution in [3.63, 3.8) is 0 Å². The molecule has 76 valence electrons. The average molecular weight is 197 g/mol. The fourth-order valence-electron chi connectivity index (χ4n) is 1.04. The average Bonchev–Trinajstić information content (AvgIpc) is 2.18. The predicted octanol–water partition coefficient (Wildman–Crippen LogP) is 2.42. The molecule has 0 spiro atoms. The van der Waals surface area contributed by atoms with Crippen molar-refractivity contribution < 1.29 is 13.9 Å². The van der Waals surface area contributed by atoms with Crippen LogP contribution in [0.2, 0.25) is 0 Å². The first-order chi connectivity index (χ1) is 6.66. The summed E-state index contributed by atoms with van der Waals surface area (Å²) in [6, 6.07) is 6.04. The molecule has 0 atom stereocenters. The van der Waals surface area contributed by atoms with E-state index in [1.807, 2.05) is 0 Å². The van der Waals surface area contributed by atoms with Gasteiger partial charge >= 0.3 is 6.09 Å². The van der Waals surface area contributed by atoms with Gasteiger partial charge in [-0.2, -0.15) is 0 Å². The molecule has 1 aromatic rings. The summed E-state index contributed by atoms with van der Waals surface area (Å²) in [4.78, 5) is 12.4. The van der Waals surface area contributed by atoms with Gasteiger partial charge in [0.1, 0.15) is 5.82 Å². The lowest BCUT2D eigenvalue weighted by Gasteiger charge is -2.16. The Morgan fingerprint density at radius 1 is 1.50 bits per heavy atom. The van der Waals surface area contributed by atoms with Gasteiger partial charge in [-0.15, -0.1) is 0 Å². The molecule has 0 saturated heterocycles. The van der Waals surface area contributed by atoms with Crippen LogP contribution in [0.25, 0.3) is 0 Å². The first-order valence-corrected chi connectivity index (χ1v) is 4.31. The monoisotopic (exact) mass is 197 g/mol. The van der Waals surface area contributed by atoms with E-state index in [0.29, 0.717) is 0 Å². The Labute approximate surface area is 82.1 Å². The molecule has 0 bridgehead atoms. The summed E-state index contributed by atoms with van der Waals surface area (Å²) >= 11 is 0. The molecule has 0 N–H and O–H groups in total. The number of hydrogen-bond donors (Lipinski definition) is 0. The van der Waals surface area contributed by atoms with Gasteiger partial charge in [-0.05, 0) is 19.1 Å². The highest BCUT2D eigenvalue weighted by Crippen LogP contribution is 2.17. The Morgan fingerprint density at radius 2 is 2.14 bits per heavy atom. The third kappa shape index (κ3) is 2.22. The molecular weight excluding hydrogens is 185 g/mol. The molecule has 0 unspecified atom stereocenters. The lowest BCUT2D eigenvalue weighted by molar-refractivity contribution is 0.161. The fraction of sp³-hybridized carbons (Fsp3) is 0.300. The minimum atomic E-state index is -0.558. The van der Waals surface area contributed by atoms with E-state index in [2.05, 4.69) is 0 Å². The van der Waals surface area contributed by atoms with Crippen LogP contribution in [0.3, 0.4) is 0 Å². The highest BCUT2D eigenvalue weighted by atomic mass is 19.1. The summed E-state index contributed by atoms with van der Waals surface area (Å²) < 4.78 is 17.9. The van der Waals surface area contributed by atoms with Gasteiger partial charge in [-0.3, -0.25) is 4.90 Å². The van der Waals surface area contributed by atoms with E-state index in [-0.39, 0.29) is 12.3 Å². The topological polar surface area (TPSA) is 29.5 Å². The molecule has 3 nitrogen and oxygen atoms in total. The summed E-state index contributed by atoms with van der Waals surface area (Å²) in [5, 5.41) is 0. The zero-order valence-electron chi connectivity index (χ0n) is 8.16. The second kappa shape index (κ2) is 4.60. The second-order valence-corrected chi connectivity index (χ2v) is 2.71. The van der Waals surface area contributed by atoms with E-state index in [1.165, 1.54) is 19.2 Å². The van der Waals surface area contributed by atoms with Crippen LogP contribution >= 0.6 is 0 Å². The SMILES string of the molecule is CCOC(=O)N(C)c1ccccc1F. The minimum Gasteiger partial charge on any atom is -0.449 e. The van der Waals surface area contributed by atoms with Gasteiger partial charge in [-0.25, -0.2) is 9.18 Å². The molecule has 14 heavy (non-hydrogen) atoms. The van der Waals surface area contributed by atoms with Crippen LogP contribution in [-0.2, 0) is 4.74 Å². The second-order valence-electron chi connectivity index (χ2n) is 2.71. The number of hydrogen-bond acceptors (Lipinski definition) is 2. The molecule has 1 aromatic carbocycles. The van der Waals surface area contributed by atoms with Gasteiger partial charge < -0.3 is 4.74 Å². The van der Waals surface area contributed by atoms with Gasteiger partial charge in [-0.1, -0.05) is 12.1 Å². The number of carbonyl (C=O) groups excluding carboxylic acids is 1. The Hall–Kier alpha value is -1.58. The smallest absolute Gasteiger partial charge is 0.414 e. The maximum atomic E-state index is 13.2. The quantitative estimate of drug-likeness (QED) is 0.728. The van der Waals surface area contributed by atoms with Gasteiger partial charge in [0.25, 0.3) is 0 Å². The summed E-state index contributed by atoms with van der Waals surface area (Å²) in [5.74, 6) is -0.442. The largest absolute Gasteiger partial charge is 0.449 e. The molecule has 0 aliphatic heterocycles. The number of ether oxygens (including phenoxy) is 1. The number of carbonyl (C=O) groups is 1. The lowest BCUT2D eigenvalue weighted by Crippen LogP contribution is -2.27. The van der Waals surface area contributed by atoms with Gasteiger partial charge in [0, 0.05) is 7.05 Å².